The van der Waals surface area contributed by atoms with Crippen LogP contribution in [0.1, 0.15) is 401 Å². The summed E-state index contributed by atoms with van der Waals surface area (Å²) in [5.41, 5.74) is 0. The van der Waals surface area contributed by atoms with Crippen LogP contribution >= 0.6 is 15.6 Å². The van der Waals surface area contributed by atoms with Crippen LogP contribution in [0.15, 0.2) is 24.3 Å². The van der Waals surface area contributed by atoms with Crippen molar-refractivity contribution in [2.75, 3.05) is 39.6 Å². The maximum Gasteiger partial charge on any atom is 0.472 e. The van der Waals surface area contributed by atoms with Crippen molar-refractivity contribution < 1.29 is 80.2 Å². The van der Waals surface area contributed by atoms with Crippen LogP contribution in [0.3, 0.4) is 0 Å². The number of carbonyl (C=O) groups excluding carboxylic acids is 4. The Hall–Kier alpha value is -2.46. The third-order valence-corrected chi connectivity index (χ3v) is 20.1. The molecule has 17 nitrogen and oxygen atoms in total. The standard InChI is InChI=1S/C80H152O17P2/c1-6-9-12-15-18-21-24-27-30-35-39-44-49-54-59-64-78(83)91-70-76(97-80(85)66-61-56-51-46-41-36-32-29-28-31-34-37-42-47-52-57-62-73(4)5)72-95-99(88,89)93-68-74(81)67-92-98(86,87)94-71-75(69-90-77(82)63-58-53-48-43-38-26-23-20-17-14-11-8-3)96-79(84)65-60-55-50-45-40-33-25-22-19-16-13-10-7-2/h21,24,27,30,73-76,81H,6-20,22-23,25-26,28-29,31-72H2,1-5H3,(H,86,87)(H,88,89)/b24-21-,30-27-/t74-,75+,76+/m0/s1. The van der Waals surface area contributed by atoms with Crippen molar-refractivity contribution in [3.8, 4) is 0 Å². The highest BCUT2D eigenvalue weighted by molar-refractivity contribution is 7.47. The largest absolute Gasteiger partial charge is 0.472 e. The first-order valence-corrected chi connectivity index (χ1v) is 43.9. The van der Waals surface area contributed by atoms with E-state index < -0.39 is 97.5 Å². The highest BCUT2D eigenvalue weighted by Crippen LogP contribution is 2.45. The van der Waals surface area contributed by atoms with E-state index in [-0.39, 0.29) is 25.7 Å². The molecular formula is C80H152O17P2. The summed E-state index contributed by atoms with van der Waals surface area (Å²) in [6.07, 6.45) is 65.8. The van der Waals surface area contributed by atoms with Crippen LogP contribution < -0.4 is 0 Å². The zero-order valence-corrected chi connectivity index (χ0v) is 65.9. The number of allylic oxidation sites excluding steroid dienone is 4. The Labute approximate surface area is 605 Å². The summed E-state index contributed by atoms with van der Waals surface area (Å²) >= 11 is 0. The van der Waals surface area contributed by atoms with Gasteiger partial charge >= 0.3 is 39.5 Å². The molecule has 2 unspecified atom stereocenters. The maximum atomic E-state index is 13.1. The van der Waals surface area contributed by atoms with Crippen molar-refractivity contribution in [1.82, 2.24) is 0 Å². The summed E-state index contributed by atoms with van der Waals surface area (Å²) < 4.78 is 68.6. The average molecular weight is 1450 g/mol. The third-order valence-electron chi connectivity index (χ3n) is 18.2. The van der Waals surface area contributed by atoms with E-state index in [4.69, 9.17) is 37.0 Å². The molecule has 0 aliphatic rings. The Morgan fingerprint density at radius 1 is 0.313 bits per heavy atom. The Balaban J connectivity index is 5.28. The second-order valence-electron chi connectivity index (χ2n) is 28.6. The topological polar surface area (TPSA) is 237 Å². The molecule has 0 heterocycles. The van der Waals surface area contributed by atoms with Gasteiger partial charge in [-0.2, -0.15) is 0 Å². The van der Waals surface area contributed by atoms with Gasteiger partial charge in [-0.1, -0.05) is 348 Å². The highest BCUT2D eigenvalue weighted by Gasteiger charge is 2.30. The first kappa shape index (κ1) is 96.5. The molecule has 0 aliphatic carbocycles. The number of aliphatic hydroxyl groups is 1. The molecule has 5 atom stereocenters. The molecule has 99 heavy (non-hydrogen) atoms. The smallest absolute Gasteiger partial charge is 0.462 e. The predicted octanol–water partition coefficient (Wildman–Crippen LogP) is 23.6. The Bertz CT molecular complexity index is 1990. The predicted molar refractivity (Wildman–Crippen MR) is 404 cm³/mol. The van der Waals surface area contributed by atoms with Gasteiger partial charge in [-0.05, 0) is 57.3 Å². The molecule has 584 valence electrons. The van der Waals surface area contributed by atoms with Crippen LogP contribution in [0.5, 0.6) is 0 Å². The van der Waals surface area contributed by atoms with E-state index in [1.165, 1.54) is 205 Å². The van der Waals surface area contributed by atoms with Gasteiger partial charge in [-0.3, -0.25) is 37.3 Å². The SMILES string of the molecule is CCCCCC/C=C\C=C/CCCCCCCC(=O)OC[C@H](COP(=O)(O)OC[C@@H](O)COP(=O)(O)OC[C@@H](COC(=O)CCCCCCCCCCCCCC)OC(=O)CCCCCCCCCCCCCCC)OC(=O)CCCCCCCCCCCCCCCCCCC(C)C. The number of hydrogen-bond acceptors (Lipinski definition) is 15. The van der Waals surface area contributed by atoms with Gasteiger partial charge in [-0.25, -0.2) is 9.13 Å². The van der Waals surface area contributed by atoms with Crippen molar-refractivity contribution in [2.24, 2.45) is 5.92 Å². The monoisotopic (exact) mass is 1450 g/mol. The molecule has 0 aromatic carbocycles. The zero-order chi connectivity index (χ0) is 72.7. The minimum Gasteiger partial charge on any atom is -0.462 e. The van der Waals surface area contributed by atoms with Gasteiger partial charge < -0.3 is 33.8 Å². The van der Waals surface area contributed by atoms with E-state index in [9.17, 15) is 43.2 Å². The fourth-order valence-corrected chi connectivity index (χ4v) is 13.4. The summed E-state index contributed by atoms with van der Waals surface area (Å²) in [4.78, 5) is 73.0. The fraction of sp³-hybridized carbons (Fsp3) is 0.900. The Morgan fingerprint density at radius 3 is 0.828 bits per heavy atom. The zero-order valence-electron chi connectivity index (χ0n) is 64.1. The van der Waals surface area contributed by atoms with Crippen molar-refractivity contribution in [3.63, 3.8) is 0 Å². The lowest BCUT2D eigenvalue weighted by atomic mass is 10.0. The molecule has 0 amide bonds. The molecule has 0 spiro atoms. The number of ether oxygens (including phenoxy) is 4. The summed E-state index contributed by atoms with van der Waals surface area (Å²) in [7, 11) is -9.93. The van der Waals surface area contributed by atoms with Gasteiger partial charge in [-0.15, -0.1) is 0 Å². The minimum absolute atomic E-state index is 0.101. The van der Waals surface area contributed by atoms with E-state index in [1.54, 1.807) is 0 Å². The molecule has 0 saturated heterocycles. The number of aliphatic hydroxyl groups excluding tert-OH is 1. The molecule has 3 N–H and O–H groups in total. The van der Waals surface area contributed by atoms with Crippen LogP contribution in [-0.4, -0.2) is 96.7 Å². The molecular weight excluding hydrogens is 1290 g/mol. The molecule has 0 saturated carbocycles. The number of esters is 4. The Morgan fingerprint density at radius 2 is 0.545 bits per heavy atom. The van der Waals surface area contributed by atoms with Gasteiger partial charge in [0.15, 0.2) is 12.2 Å². The number of phosphoric ester groups is 2. The summed E-state index contributed by atoms with van der Waals surface area (Å²) in [6.45, 7) is 7.29. The average Bonchev–Trinajstić information content (AvgIpc) is 1.40. The van der Waals surface area contributed by atoms with Crippen molar-refractivity contribution >= 4 is 39.5 Å². The molecule has 0 aromatic rings. The normalized spacial score (nSPS) is 14.0. The van der Waals surface area contributed by atoms with Gasteiger partial charge in [0.05, 0.1) is 26.4 Å². The maximum absolute atomic E-state index is 13.1. The first-order chi connectivity index (χ1) is 48.0. The van der Waals surface area contributed by atoms with Gasteiger partial charge in [0.2, 0.25) is 0 Å². The van der Waals surface area contributed by atoms with Crippen LogP contribution in [-0.2, 0) is 65.4 Å². The Kier molecular flexibility index (Phi) is 70.7. The van der Waals surface area contributed by atoms with E-state index >= 15 is 0 Å². The van der Waals surface area contributed by atoms with Crippen LogP contribution in [0, 0.1) is 5.92 Å². The van der Waals surface area contributed by atoms with Gasteiger partial charge in [0, 0.05) is 25.7 Å². The molecule has 0 bridgehead atoms. The van der Waals surface area contributed by atoms with Crippen LogP contribution in [0.2, 0.25) is 0 Å². The molecule has 0 aromatic heterocycles. The fourth-order valence-electron chi connectivity index (χ4n) is 11.9. The number of phosphoric acid groups is 2. The van der Waals surface area contributed by atoms with Gasteiger partial charge in [0.25, 0.3) is 0 Å². The summed E-state index contributed by atoms with van der Waals surface area (Å²) in [6, 6.07) is 0. The van der Waals surface area contributed by atoms with E-state index in [1.807, 2.05) is 0 Å². The summed E-state index contributed by atoms with van der Waals surface area (Å²) in [5.74, 6) is -1.33. The molecule has 0 fully saturated rings. The van der Waals surface area contributed by atoms with E-state index in [0.717, 1.165) is 115 Å². The molecule has 0 radical (unpaired) electrons. The van der Waals surface area contributed by atoms with Crippen molar-refractivity contribution in [2.45, 2.75) is 419 Å². The number of hydrogen-bond donors (Lipinski definition) is 3. The lowest BCUT2D eigenvalue weighted by Crippen LogP contribution is -2.30. The van der Waals surface area contributed by atoms with E-state index in [2.05, 4.69) is 58.9 Å². The molecule has 0 aliphatic heterocycles. The number of unbranched alkanes of at least 4 members (excludes halogenated alkanes) is 47. The second kappa shape index (κ2) is 72.5. The quantitative estimate of drug-likeness (QED) is 0.0169. The molecule has 19 heteroatoms. The van der Waals surface area contributed by atoms with E-state index in [0.29, 0.717) is 25.7 Å². The highest BCUT2D eigenvalue weighted by atomic mass is 31.2. The van der Waals surface area contributed by atoms with Crippen LogP contribution in [0.25, 0.3) is 0 Å². The lowest BCUT2D eigenvalue weighted by Gasteiger charge is -2.21. The van der Waals surface area contributed by atoms with Crippen LogP contribution in [0.4, 0.5) is 0 Å². The summed E-state index contributed by atoms with van der Waals surface area (Å²) in [5, 5.41) is 10.6. The molecule has 0 rings (SSSR count). The van der Waals surface area contributed by atoms with Gasteiger partial charge in [0.1, 0.15) is 19.3 Å². The third kappa shape index (κ3) is 73.6. The second-order valence-corrected chi connectivity index (χ2v) is 31.5. The number of rotatable bonds is 78. The van der Waals surface area contributed by atoms with Crippen molar-refractivity contribution in [3.05, 3.63) is 24.3 Å². The first-order valence-electron chi connectivity index (χ1n) is 41.0. The van der Waals surface area contributed by atoms with Crippen molar-refractivity contribution in [1.29, 1.82) is 0 Å². The number of carbonyl (C=O) groups is 4. The lowest BCUT2D eigenvalue weighted by molar-refractivity contribution is -0.161. The minimum atomic E-state index is -4.97.